The molecule has 1 aromatic carbocycles. The quantitative estimate of drug-likeness (QED) is 0.925. The first-order valence-electron chi connectivity index (χ1n) is 7.19. The van der Waals surface area contributed by atoms with Gasteiger partial charge in [-0.1, -0.05) is 18.2 Å². The molecule has 1 aliphatic rings. The first-order valence-corrected chi connectivity index (χ1v) is 9.68. The van der Waals surface area contributed by atoms with Crippen LogP contribution in [-0.2, 0) is 21.2 Å². The van der Waals surface area contributed by atoms with Gasteiger partial charge in [0, 0.05) is 17.8 Å². The van der Waals surface area contributed by atoms with Crippen LogP contribution < -0.4 is 5.14 Å². The summed E-state index contributed by atoms with van der Waals surface area (Å²) in [7, 11) is -3.58. The Labute approximate surface area is 133 Å². The number of rotatable bonds is 3. The zero-order valence-electron chi connectivity index (χ0n) is 12.1. The minimum Gasteiger partial charge on any atom is -0.341 e. The summed E-state index contributed by atoms with van der Waals surface area (Å²) in [6.45, 7) is 0.812. The molecule has 0 bridgehead atoms. The number of likely N-dealkylation sites (tertiary alicyclic amines) is 1. The van der Waals surface area contributed by atoms with E-state index in [1.54, 1.807) is 16.2 Å². The van der Waals surface area contributed by atoms with Gasteiger partial charge in [-0.25, -0.2) is 13.6 Å². The Bertz CT molecular complexity index is 798. The minimum absolute atomic E-state index is 0.0306. The van der Waals surface area contributed by atoms with E-state index in [-0.39, 0.29) is 12.5 Å². The fraction of sp³-hybridized carbons (Fsp3) is 0.400. The van der Waals surface area contributed by atoms with Crippen LogP contribution in [-0.4, -0.2) is 37.6 Å². The smallest absolute Gasteiger partial charge is 0.227 e. The van der Waals surface area contributed by atoms with Crippen molar-refractivity contribution in [2.45, 2.75) is 24.5 Å². The van der Waals surface area contributed by atoms with Gasteiger partial charge in [-0.3, -0.25) is 4.79 Å². The van der Waals surface area contributed by atoms with Crippen LogP contribution in [0.5, 0.6) is 0 Å². The highest BCUT2D eigenvalue weighted by molar-refractivity contribution is 7.89. The van der Waals surface area contributed by atoms with E-state index in [4.69, 9.17) is 5.14 Å². The summed E-state index contributed by atoms with van der Waals surface area (Å²) in [6.07, 6.45) is 1.52. The lowest BCUT2D eigenvalue weighted by molar-refractivity contribution is -0.131. The van der Waals surface area contributed by atoms with Crippen LogP contribution in [0.4, 0.5) is 0 Å². The van der Waals surface area contributed by atoms with Crippen molar-refractivity contribution in [1.82, 2.24) is 4.90 Å². The van der Waals surface area contributed by atoms with Crippen LogP contribution in [0.15, 0.2) is 29.6 Å². The Morgan fingerprint density at radius 2 is 2.14 bits per heavy atom. The molecule has 2 aromatic rings. The molecular formula is C15H18N2O3S2. The number of primary sulfonamides is 1. The monoisotopic (exact) mass is 338 g/mol. The van der Waals surface area contributed by atoms with E-state index in [2.05, 4.69) is 0 Å². The molecule has 1 atom stereocenters. The molecule has 1 aliphatic heterocycles. The predicted molar refractivity (Wildman–Crippen MR) is 88.2 cm³/mol. The number of sulfonamides is 1. The summed E-state index contributed by atoms with van der Waals surface area (Å²) in [5.74, 6) is -0.0306. The highest BCUT2D eigenvalue weighted by Gasteiger charge is 2.30. The zero-order chi connectivity index (χ0) is 15.7. The highest BCUT2D eigenvalue weighted by atomic mass is 32.2. The number of nitrogens with zero attached hydrogens (tertiary/aromatic N) is 1. The average Bonchev–Trinajstić information content (AvgIpc) is 2.90. The summed E-state index contributed by atoms with van der Waals surface area (Å²) in [4.78, 5) is 14.1. The number of hydrogen-bond acceptors (Lipinski definition) is 4. The Balaban J connectivity index is 1.74. The van der Waals surface area contributed by atoms with Crippen molar-refractivity contribution >= 4 is 37.4 Å². The number of carbonyl (C=O) groups is 1. The molecule has 118 valence electrons. The van der Waals surface area contributed by atoms with Crippen LogP contribution in [0.3, 0.4) is 0 Å². The molecule has 1 fully saturated rings. The Morgan fingerprint density at radius 1 is 1.36 bits per heavy atom. The van der Waals surface area contributed by atoms with Crippen molar-refractivity contribution in [3.8, 4) is 0 Å². The van der Waals surface area contributed by atoms with Gasteiger partial charge in [0.15, 0.2) is 0 Å². The minimum atomic E-state index is -3.58. The summed E-state index contributed by atoms with van der Waals surface area (Å²) >= 11 is 1.62. The van der Waals surface area contributed by atoms with Gasteiger partial charge in [0.25, 0.3) is 0 Å². The third-order valence-electron chi connectivity index (χ3n) is 4.10. The third kappa shape index (κ3) is 3.16. The van der Waals surface area contributed by atoms with Crippen molar-refractivity contribution in [1.29, 1.82) is 0 Å². The SMILES string of the molecule is NS(=O)(=O)C1CCCN(C(=O)Cc2csc3ccccc23)C1. The second kappa shape index (κ2) is 5.98. The van der Waals surface area contributed by atoms with E-state index in [0.29, 0.717) is 25.8 Å². The molecule has 1 unspecified atom stereocenters. The molecule has 0 spiro atoms. The Morgan fingerprint density at radius 3 is 2.91 bits per heavy atom. The summed E-state index contributed by atoms with van der Waals surface area (Å²) < 4.78 is 24.1. The first-order chi connectivity index (χ1) is 10.4. The number of nitrogens with two attached hydrogens (primary N) is 1. The molecule has 1 saturated heterocycles. The van der Waals surface area contributed by atoms with Gasteiger partial charge in [0.05, 0.1) is 11.7 Å². The molecule has 22 heavy (non-hydrogen) atoms. The number of carbonyl (C=O) groups excluding carboxylic acids is 1. The average molecular weight is 338 g/mol. The molecule has 1 aromatic heterocycles. The van der Waals surface area contributed by atoms with Gasteiger partial charge in [0.1, 0.15) is 0 Å². The molecule has 2 heterocycles. The fourth-order valence-electron chi connectivity index (χ4n) is 2.88. The molecule has 3 rings (SSSR count). The molecule has 0 aliphatic carbocycles. The second-order valence-corrected chi connectivity index (χ2v) is 8.38. The fourth-order valence-corrected chi connectivity index (χ4v) is 4.72. The number of thiophene rings is 1. The molecule has 0 saturated carbocycles. The standard InChI is InChI=1S/C15H18N2O3S2/c16-22(19,20)12-4-3-7-17(9-12)15(18)8-11-10-21-14-6-2-1-5-13(11)14/h1-2,5-6,10,12H,3-4,7-9H2,(H2,16,19,20). The van der Waals surface area contributed by atoms with Crippen molar-refractivity contribution in [3.63, 3.8) is 0 Å². The molecule has 2 N–H and O–H groups in total. The van der Waals surface area contributed by atoms with E-state index >= 15 is 0 Å². The normalized spacial score (nSPS) is 19.5. The highest BCUT2D eigenvalue weighted by Crippen LogP contribution is 2.26. The number of amides is 1. The largest absolute Gasteiger partial charge is 0.341 e. The van der Waals surface area contributed by atoms with Crippen LogP contribution in [0.2, 0.25) is 0 Å². The lowest BCUT2D eigenvalue weighted by Gasteiger charge is -2.31. The number of benzene rings is 1. The Hall–Kier alpha value is -1.44. The van der Waals surface area contributed by atoms with Gasteiger partial charge in [-0.05, 0) is 35.2 Å². The number of fused-ring (bicyclic) bond motifs is 1. The van der Waals surface area contributed by atoms with Crippen LogP contribution in [0.1, 0.15) is 18.4 Å². The van der Waals surface area contributed by atoms with Gasteiger partial charge in [0.2, 0.25) is 15.9 Å². The Kier molecular flexibility index (Phi) is 4.20. The summed E-state index contributed by atoms with van der Waals surface area (Å²) in [5.41, 5.74) is 1.00. The van der Waals surface area contributed by atoms with Crippen molar-refractivity contribution in [2.75, 3.05) is 13.1 Å². The maximum Gasteiger partial charge on any atom is 0.227 e. The van der Waals surface area contributed by atoms with Gasteiger partial charge < -0.3 is 4.90 Å². The maximum atomic E-state index is 12.5. The zero-order valence-corrected chi connectivity index (χ0v) is 13.7. The van der Waals surface area contributed by atoms with Crippen LogP contribution >= 0.6 is 11.3 Å². The summed E-state index contributed by atoms with van der Waals surface area (Å²) in [5, 5.41) is 7.69. The number of hydrogen-bond donors (Lipinski definition) is 1. The van der Waals surface area contributed by atoms with Gasteiger partial charge >= 0.3 is 0 Å². The van der Waals surface area contributed by atoms with Crippen molar-refractivity contribution < 1.29 is 13.2 Å². The predicted octanol–water partition coefficient (Wildman–Crippen LogP) is 1.72. The van der Waals surface area contributed by atoms with Crippen molar-refractivity contribution in [2.24, 2.45) is 5.14 Å². The van der Waals surface area contributed by atoms with E-state index < -0.39 is 15.3 Å². The van der Waals surface area contributed by atoms with Gasteiger partial charge in [-0.15, -0.1) is 11.3 Å². The maximum absolute atomic E-state index is 12.5. The van der Waals surface area contributed by atoms with E-state index in [1.807, 2.05) is 29.6 Å². The van der Waals surface area contributed by atoms with Crippen LogP contribution in [0, 0.1) is 0 Å². The van der Waals surface area contributed by atoms with E-state index in [0.717, 1.165) is 15.6 Å². The molecule has 5 nitrogen and oxygen atoms in total. The third-order valence-corrected chi connectivity index (χ3v) is 6.42. The van der Waals surface area contributed by atoms with Crippen LogP contribution in [0.25, 0.3) is 10.1 Å². The lowest BCUT2D eigenvalue weighted by Crippen LogP contribution is -2.47. The van der Waals surface area contributed by atoms with E-state index in [1.165, 1.54) is 0 Å². The molecule has 1 amide bonds. The second-order valence-electron chi connectivity index (χ2n) is 5.63. The molecular weight excluding hydrogens is 320 g/mol. The molecule has 7 heteroatoms. The lowest BCUT2D eigenvalue weighted by atomic mass is 10.1. The number of piperidine rings is 1. The van der Waals surface area contributed by atoms with Crippen molar-refractivity contribution in [3.05, 3.63) is 35.2 Å². The molecule has 0 radical (unpaired) electrons. The topological polar surface area (TPSA) is 80.5 Å². The summed E-state index contributed by atoms with van der Waals surface area (Å²) in [6, 6.07) is 7.98. The van der Waals surface area contributed by atoms with E-state index in [9.17, 15) is 13.2 Å². The van der Waals surface area contributed by atoms with Gasteiger partial charge in [-0.2, -0.15) is 0 Å². The first kappa shape index (κ1) is 15.5.